The summed E-state index contributed by atoms with van der Waals surface area (Å²) in [6.07, 6.45) is -3.22. The standard InChI is InChI=1S/C11H14Cl3NO5/c1-4-5-6(18-9(16)17-5)7(20-10(4,2)3)19-8(15)11(12,13)14/h4-7,15H,1-3H3/t4-,5-,6+,7?/m1/s1. The first kappa shape index (κ1) is 15.9. The van der Waals surface area contributed by atoms with Gasteiger partial charge in [-0.15, -0.1) is 0 Å². The number of rotatable bonds is 1. The van der Waals surface area contributed by atoms with Crippen LogP contribution < -0.4 is 0 Å². The molecule has 0 aromatic heterocycles. The lowest BCUT2D eigenvalue weighted by Gasteiger charge is -2.44. The molecular weight excluding hydrogens is 332 g/mol. The number of fused-ring (bicyclic) bond motifs is 1. The van der Waals surface area contributed by atoms with Crippen molar-refractivity contribution < 1.29 is 23.7 Å². The summed E-state index contributed by atoms with van der Waals surface area (Å²) in [4.78, 5) is 11.3. The van der Waals surface area contributed by atoms with Crippen molar-refractivity contribution in [2.45, 2.75) is 48.7 Å². The summed E-state index contributed by atoms with van der Waals surface area (Å²) in [6.45, 7) is 5.50. The Balaban J connectivity index is 2.20. The van der Waals surface area contributed by atoms with E-state index in [4.69, 9.17) is 59.2 Å². The number of halogens is 3. The molecule has 1 unspecified atom stereocenters. The van der Waals surface area contributed by atoms with Crippen molar-refractivity contribution >= 4 is 46.9 Å². The topological polar surface area (TPSA) is 77.8 Å². The zero-order chi connectivity index (χ0) is 15.3. The van der Waals surface area contributed by atoms with E-state index in [9.17, 15) is 4.79 Å². The second-order valence-electron chi connectivity index (χ2n) is 5.24. The predicted octanol–water partition coefficient (Wildman–Crippen LogP) is 3.03. The first-order valence-corrected chi connectivity index (χ1v) is 7.03. The molecule has 1 N–H and O–H groups in total. The van der Waals surface area contributed by atoms with E-state index in [1.165, 1.54) is 0 Å². The molecule has 0 bridgehead atoms. The van der Waals surface area contributed by atoms with Crippen LogP contribution in [-0.4, -0.2) is 39.9 Å². The van der Waals surface area contributed by atoms with Crippen LogP contribution in [0.4, 0.5) is 4.79 Å². The summed E-state index contributed by atoms with van der Waals surface area (Å²) in [5, 5.41) is 7.58. The highest BCUT2D eigenvalue weighted by Gasteiger charge is 2.57. The third-order valence-electron chi connectivity index (χ3n) is 3.56. The molecule has 0 radical (unpaired) electrons. The van der Waals surface area contributed by atoms with Crippen molar-refractivity contribution in [3.8, 4) is 0 Å². The van der Waals surface area contributed by atoms with Crippen LogP contribution in [0.25, 0.3) is 0 Å². The van der Waals surface area contributed by atoms with Gasteiger partial charge in [-0.1, -0.05) is 41.7 Å². The van der Waals surface area contributed by atoms with Crippen LogP contribution in [0.15, 0.2) is 0 Å². The molecule has 2 aliphatic heterocycles. The van der Waals surface area contributed by atoms with Crippen molar-refractivity contribution in [1.82, 2.24) is 0 Å². The fourth-order valence-corrected chi connectivity index (χ4v) is 2.26. The average molecular weight is 347 g/mol. The summed E-state index contributed by atoms with van der Waals surface area (Å²) in [5.74, 6) is -0.736. The summed E-state index contributed by atoms with van der Waals surface area (Å²) in [7, 11) is 0. The SMILES string of the molecule is C[C@@H]1[C@H]2OC(=O)O[C@@H]2C(OC(=N)C(Cl)(Cl)Cl)OC1(C)C. The van der Waals surface area contributed by atoms with Gasteiger partial charge >= 0.3 is 6.16 Å². The molecular formula is C11H14Cl3NO5. The Morgan fingerprint density at radius 3 is 2.40 bits per heavy atom. The molecule has 4 atom stereocenters. The molecule has 0 spiro atoms. The largest absolute Gasteiger partial charge is 0.509 e. The van der Waals surface area contributed by atoms with E-state index >= 15 is 0 Å². The van der Waals surface area contributed by atoms with Crippen LogP contribution in [0.2, 0.25) is 0 Å². The number of hydrogen-bond acceptors (Lipinski definition) is 6. The summed E-state index contributed by atoms with van der Waals surface area (Å²) in [6, 6.07) is 0. The van der Waals surface area contributed by atoms with Gasteiger partial charge in [0.05, 0.1) is 5.60 Å². The molecule has 2 heterocycles. The average Bonchev–Trinajstić information content (AvgIpc) is 2.66. The molecule has 2 rings (SSSR count). The van der Waals surface area contributed by atoms with E-state index in [1.807, 2.05) is 20.8 Å². The lowest BCUT2D eigenvalue weighted by molar-refractivity contribution is -0.265. The van der Waals surface area contributed by atoms with Crippen LogP contribution in [0.1, 0.15) is 20.8 Å². The fraction of sp³-hybridized carbons (Fsp3) is 0.818. The maximum absolute atomic E-state index is 11.3. The highest BCUT2D eigenvalue weighted by molar-refractivity contribution is 6.76. The van der Waals surface area contributed by atoms with Crippen molar-refractivity contribution in [3.63, 3.8) is 0 Å². The molecule has 0 aliphatic carbocycles. The zero-order valence-corrected chi connectivity index (χ0v) is 13.3. The Bertz CT molecular complexity index is 436. The van der Waals surface area contributed by atoms with Crippen molar-refractivity contribution in [3.05, 3.63) is 0 Å². The first-order chi connectivity index (χ1) is 9.02. The molecule has 114 valence electrons. The third-order valence-corrected chi connectivity index (χ3v) is 4.07. The van der Waals surface area contributed by atoms with Gasteiger partial charge in [-0.25, -0.2) is 4.79 Å². The van der Waals surface area contributed by atoms with E-state index in [-0.39, 0.29) is 5.92 Å². The Kier molecular flexibility index (Phi) is 4.06. The van der Waals surface area contributed by atoms with Crippen LogP contribution >= 0.6 is 34.8 Å². The normalized spacial score (nSPS) is 35.8. The van der Waals surface area contributed by atoms with E-state index in [1.54, 1.807) is 0 Å². The van der Waals surface area contributed by atoms with Gasteiger partial charge in [0, 0.05) is 5.92 Å². The van der Waals surface area contributed by atoms with Gasteiger partial charge in [-0.05, 0) is 13.8 Å². The highest BCUT2D eigenvalue weighted by atomic mass is 35.6. The summed E-state index contributed by atoms with van der Waals surface area (Å²) < 4.78 is 19.0. The van der Waals surface area contributed by atoms with E-state index in [2.05, 4.69) is 0 Å². The number of carbonyl (C=O) groups is 1. The van der Waals surface area contributed by atoms with Gasteiger partial charge in [0.1, 0.15) is 0 Å². The number of alkyl halides is 3. The zero-order valence-electron chi connectivity index (χ0n) is 11.0. The van der Waals surface area contributed by atoms with E-state index < -0.39 is 39.9 Å². The summed E-state index contributed by atoms with van der Waals surface area (Å²) in [5.41, 5.74) is -0.659. The second-order valence-corrected chi connectivity index (χ2v) is 7.52. The van der Waals surface area contributed by atoms with Crippen molar-refractivity contribution in [1.29, 1.82) is 5.41 Å². The molecule has 0 aromatic carbocycles. The minimum absolute atomic E-state index is 0.124. The number of hydrogen-bond donors (Lipinski definition) is 1. The molecule has 0 amide bonds. The van der Waals surface area contributed by atoms with Crippen molar-refractivity contribution in [2.24, 2.45) is 5.92 Å². The van der Waals surface area contributed by atoms with Gasteiger partial charge in [0.2, 0.25) is 18.3 Å². The monoisotopic (exact) mass is 345 g/mol. The Labute approximate surface area is 131 Å². The predicted molar refractivity (Wildman–Crippen MR) is 72.4 cm³/mol. The second kappa shape index (κ2) is 5.09. The highest BCUT2D eigenvalue weighted by Crippen LogP contribution is 2.41. The minimum atomic E-state index is -2.02. The van der Waals surface area contributed by atoms with Crippen LogP contribution in [-0.2, 0) is 18.9 Å². The van der Waals surface area contributed by atoms with Gasteiger partial charge in [0.15, 0.2) is 6.10 Å². The van der Waals surface area contributed by atoms with Crippen LogP contribution in [0.5, 0.6) is 0 Å². The fourth-order valence-electron chi connectivity index (χ4n) is 2.12. The quantitative estimate of drug-likeness (QED) is 0.342. The summed E-state index contributed by atoms with van der Waals surface area (Å²) >= 11 is 16.7. The molecule has 0 saturated carbocycles. The third kappa shape index (κ3) is 2.93. The Morgan fingerprint density at radius 2 is 1.85 bits per heavy atom. The van der Waals surface area contributed by atoms with Gasteiger partial charge in [0.25, 0.3) is 3.79 Å². The first-order valence-electron chi connectivity index (χ1n) is 5.90. The lowest BCUT2D eigenvalue weighted by Crippen LogP contribution is -2.58. The van der Waals surface area contributed by atoms with E-state index in [0.717, 1.165) is 0 Å². The minimum Gasteiger partial charge on any atom is -0.444 e. The van der Waals surface area contributed by atoms with Gasteiger partial charge in [-0.3, -0.25) is 5.41 Å². The molecule has 0 aromatic rings. The maximum atomic E-state index is 11.3. The number of nitrogens with one attached hydrogen (secondary N) is 1. The molecule has 2 fully saturated rings. The molecule has 6 nitrogen and oxygen atoms in total. The number of carbonyl (C=O) groups excluding carboxylic acids is 1. The van der Waals surface area contributed by atoms with Crippen LogP contribution in [0, 0.1) is 11.3 Å². The molecule has 2 aliphatic rings. The Morgan fingerprint density at radius 1 is 1.30 bits per heavy atom. The molecule has 9 heteroatoms. The molecule has 2 saturated heterocycles. The van der Waals surface area contributed by atoms with Crippen molar-refractivity contribution in [2.75, 3.05) is 0 Å². The van der Waals surface area contributed by atoms with E-state index in [0.29, 0.717) is 0 Å². The smallest absolute Gasteiger partial charge is 0.444 e. The van der Waals surface area contributed by atoms with Gasteiger partial charge in [-0.2, -0.15) is 0 Å². The Hall–Kier alpha value is -0.430. The lowest BCUT2D eigenvalue weighted by atomic mass is 9.82. The van der Waals surface area contributed by atoms with Gasteiger partial charge < -0.3 is 18.9 Å². The maximum Gasteiger partial charge on any atom is 0.509 e. The number of ether oxygens (including phenoxy) is 4. The van der Waals surface area contributed by atoms with Crippen LogP contribution in [0.3, 0.4) is 0 Å². The molecule has 20 heavy (non-hydrogen) atoms.